The van der Waals surface area contributed by atoms with Crippen LogP contribution in [-0.4, -0.2) is 37.1 Å². The molecule has 0 radical (unpaired) electrons. The molecule has 1 aliphatic rings. The molecule has 17 heavy (non-hydrogen) atoms. The van der Waals surface area contributed by atoms with Gasteiger partial charge in [0.15, 0.2) is 0 Å². The summed E-state index contributed by atoms with van der Waals surface area (Å²) >= 11 is 1.97. The Morgan fingerprint density at radius 3 is 3.18 bits per heavy atom. The van der Waals surface area contributed by atoms with Gasteiger partial charge in [-0.1, -0.05) is 12.1 Å². The number of thioether (sulfide) groups is 1. The molecule has 1 aromatic carbocycles. The number of fused-ring (bicyclic) bond motifs is 1. The van der Waals surface area contributed by atoms with Crippen LogP contribution in [0.2, 0.25) is 0 Å². The fourth-order valence-corrected chi connectivity index (χ4v) is 3.13. The van der Waals surface area contributed by atoms with Gasteiger partial charge in [0.2, 0.25) is 0 Å². The number of rotatable bonds is 5. The average molecular weight is 249 g/mol. The van der Waals surface area contributed by atoms with Gasteiger partial charge in [-0.2, -0.15) is 0 Å². The molecule has 1 aromatic rings. The molecule has 0 unspecified atom stereocenters. The number of carbonyl (C=O) groups excluding carboxylic acids is 1. The minimum atomic E-state index is 0.529. The van der Waals surface area contributed by atoms with Crippen LogP contribution in [0.15, 0.2) is 23.1 Å². The van der Waals surface area contributed by atoms with E-state index in [4.69, 9.17) is 0 Å². The molecule has 0 saturated heterocycles. The Morgan fingerprint density at radius 1 is 1.47 bits per heavy atom. The SMILES string of the molecule is CN(CC=O)CCc1ccc2c(c1)CCCS2. The van der Waals surface area contributed by atoms with E-state index in [1.165, 1.54) is 34.6 Å². The molecule has 0 saturated carbocycles. The number of hydrogen-bond acceptors (Lipinski definition) is 3. The Hall–Kier alpha value is -0.800. The molecule has 1 aliphatic heterocycles. The first-order valence-electron chi connectivity index (χ1n) is 6.16. The molecular formula is C14H19NOS. The maximum absolute atomic E-state index is 10.4. The van der Waals surface area contributed by atoms with Crippen molar-refractivity contribution in [3.63, 3.8) is 0 Å². The third-order valence-electron chi connectivity index (χ3n) is 3.14. The first-order valence-corrected chi connectivity index (χ1v) is 7.15. The molecule has 0 bridgehead atoms. The highest BCUT2D eigenvalue weighted by Gasteiger charge is 2.10. The van der Waals surface area contributed by atoms with E-state index in [9.17, 15) is 4.79 Å². The second-order valence-corrected chi connectivity index (χ2v) is 5.71. The standard InChI is InChI=1S/C14H19NOS/c1-15(8-9-16)7-6-12-4-5-14-13(11-12)3-2-10-17-14/h4-5,9,11H,2-3,6-8,10H2,1H3. The van der Waals surface area contributed by atoms with Gasteiger partial charge >= 0.3 is 0 Å². The van der Waals surface area contributed by atoms with Crippen molar-refractivity contribution in [1.29, 1.82) is 0 Å². The van der Waals surface area contributed by atoms with Crippen molar-refractivity contribution in [3.05, 3.63) is 29.3 Å². The minimum absolute atomic E-state index is 0.529. The monoisotopic (exact) mass is 249 g/mol. The maximum atomic E-state index is 10.4. The van der Waals surface area contributed by atoms with Crippen LogP contribution in [0.25, 0.3) is 0 Å². The van der Waals surface area contributed by atoms with E-state index < -0.39 is 0 Å². The van der Waals surface area contributed by atoms with Crippen molar-refractivity contribution in [1.82, 2.24) is 4.90 Å². The number of aldehydes is 1. The van der Waals surface area contributed by atoms with Crippen molar-refractivity contribution < 1.29 is 4.79 Å². The van der Waals surface area contributed by atoms with E-state index in [-0.39, 0.29) is 0 Å². The molecule has 92 valence electrons. The zero-order chi connectivity index (χ0) is 12.1. The fraction of sp³-hybridized carbons (Fsp3) is 0.500. The fourth-order valence-electron chi connectivity index (χ4n) is 2.11. The third-order valence-corrected chi connectivity index (χ3v) is 4.34. The Morgan fingerprint density at radius 2 is 2.35 bits per heavy atom. The second kappa shape index (κ2) is 6.22. The molecule has 0 atom stereocenters. The summed E-state index contributed by atoms with van der Waals surface area (Å²) in [5, 5.41) is 0. The van der Waals surface area contributed by atoms with Gasteiger partial charge in [-0.05, 0) is 49.3 Å². The van der Waals surface area contributed by atoms with Crippen LogP contribution < -0.4 is 0 Å². The van der Waals surface area contributed by atoms with Crippen LogP contribution >= 0.6 is 11.8 Å². The van der Waals surface area contributed by atoms with E-state index in [2.05, 4.69) is 23.1 Å². The Balaban J connectivity index is 1.95. The van der Waals surface area contributed by atoms with Crippen molar-refractivity contribution in [2.75, 3.05) is 25.9 Å². The van der Waals surface area contributed by atoms with Crippen LogP contribution in [0.5, 0.6) is 0 Å². The van der Waals surface area contributed by atoms with Crippen LogP contribution in [0.4, 0.5) is 0 Å². The highest BCUT2D eigenvalue weighted by atomic mass is 32.2. The van der Waals surface area contributed by atoms with Crippen molar-refractivity contribution >= 4 is 18.0 Å². The van der Waals surface area contributed by atoms with E-state index in [0.717, 1.165) is 19.3 Å². The quantitative estimate of drug-likeness (QED) is 0.747. The number of nitrogens with zero attached hydrogens (tertiary/aromatic N) is 1. The predicted molar refractivity (Wildman–Crippen MR) is 72.8 cm³/mol. The second-order valence-electron chi connectivity index (χ2n) is 4.57. The summed E-state index contributed by atoms with van der Waals surface area (Å²) in [6.07, 6.45) is 4.51. The Labute approximate surface area is 107 Å². The van der Waals surface area contributed by atoms with Gasteiger partial charge in [0.05, 0.1) is 6.54 Å². The number of aryl methyl sites for hydroxylation is 1. The van der Waals surface area contributed by atoms with Crippen molar-refractivity contribution in [2.45, 2.75) is 24.2 Å². The zero-order valence-corrected chi connectivity index (χ0v) is 11.1. The van der Waals surface area contributed by atoms with Gasteiger partial charge in [0.1, 0.15) is 6.29 Å². The molecule has 0 spiro atoms. The molecule has 0 aromatic heterocycles. The molecule has 3 heteroatoms. The zero-order valence-electron chi connectivity index (χ0n) is 10.3. The average Bonchev–Trinajstić information content (AvgIpc) is 2.36. The maximum Gasteiger partial charge on any atom is 0.133 e. The summed E-state index contributed by atoms with van der Waals surface area (Å²) in [4.78, 5) is 13.9. The molecule has 0 amide bonds. The van der Waals surface area contributed by atoms with E-state index in [1.54, 1.807) is 0 Å². The van der Waals surface area contributed by atoms with Gasteiger partial charge in [-0.25, -0.2) is 0 Å². The van der Waals surface area contributed by atoms with Gasteiger partial charge in [0.25, 0.3) is 0 Å². The van der Waals surface area contributed by atoms with Gasteiger partial charge < -0.3 is 4.79 Å². The molecule has 0 fully saturated rings. The largest absolute Gasteiger partial charge is 0.302 e. The summed E-state index contributed by atoms with van der Waals surface area (Å²) in [6, 6.07) is 6.83. The van der Waals surface area contributed by atoms with Gasteiger partial charge in [0, 0.05) is 11.4 Å². The van der Waals surface area contributed by atoms with Crippen LogP contribution in [0.1, 0.15) is 17.5 Å². The normalized spacial score (nSPS) is 14.7. The molecule has 2 nitrogen and oxygen atoms in total. The lowest BCUT2D eigenvalue weighted by molar-refractivity contribution is -0.108. The third kappa shape index (κ3) is 3.58. The Bertz CT molecular complexity index is 392. The number of benzene rings is 1. The number of carbonyl (C=O) groups is 1. The van der Waals surface area contributed by atoms with Crippen molar-refractivity contribution in [2.24, 2.45) is 0 Å². The van der Waals surface area contributed by atoms with Crippen LogP contribution in [0, 0.1) is 0 Å². The first kappa shape index (κ1) is 12.7. The number of hydrogen-bond donors (Lipinski definition) is 0. The van der Waals surface area contributed by atoms with E-state index in [0.29, 0.717) is 6.54 Å². The molecular weight excluding hydrogens is 230 g/mol. The summed E-state index contributed by atoms with van der Waals surface area (Å²) < 4.78 is 0. The highest BCUT2D eigenvalue weighted by molar-refractivity contribution is 7.99. The van der Waals surface area contributed by atoms with Gasteiger partial charge in [-0.3, -0.25) is 4.90 Å². The van der Waals surface area contributed by atoms with Gasteiger partial charge in [-0.15, -0.1) is 11.8 Å². The summed E-state index contributed by atoms with van der Waals surface area (Å²) in [5.41, 5.74) is 2.90. The topological polar surface area (TPSA) is 20.3 Å². The van der Waals surface area contributed by atoms with Crippen LogP contribution in [-0.2, 0) is 17.6 Å². The Kier molecular flexibility index (Phi) is 4.63. The summed E-state index contributed by atoms with van der Waals surface area (Å²) in [6.45, 7) is 1.48. The molecule has 0 N–H and O–H groups in total. The van der Waals surface area contributed by atoms with Crippen LogP contribution in [0.3, 0.4) is 0 Å². The molecule has 1 heterocycles. The summed E-state index contributed by atoms with van der Waals surface area (Å²) in [5.74, 6) is 1.26. The number of likely N-dealkylation sites (N-methyl/N-ethyl adjacent to an activating group) is 1. The summed E-state index contributed by atoms with van der Waals surface area (Å²) in [7, 11) is 1.99. The first-order chi connectivity index (χ1) is 8.29. The molecule has 0 aliphatic carbocycles. The smallest absolute Gasteiger partial charge is 0.133 e. The lowest BCUT2D eigenvalue weighted by Crippen LogP contribution is -2.23. The molecule has 2 rings (SSSR count). The highest BCUT2D eigenvalue weighted by Crippen LogP contribution is 2.30. The predicted octanol–water partition coefficient (Wildman–Crippen LogP) is 2.40. The lowest BCUT2D eigenvalue weighted by Gasteiger charge is -2.17. The van der Waals surface area contributed by atoms with Crippen molar-refractivity contribution in [3.8, 4) is 0 Å². The minimum Gasteiger partial charge on any atom is -0.302 e. The lowest BCUT2D eigenvalue weighted by atomic mass is 10.0. The van der Waals surface area contributed by atoms with E-state index >= 15 is 0 Å². The van der Waals surface area contributed by atoms with E-state index in [1.807, 2.05) is 18.8 Å².